The summed E-state index contributed by atoms with van der Waals surface area (Å²) < 4.78 is 5.70. The Hall–Kier alpha value is -0.120. The van der Waals surface area contributed by atoms with Crippen molar-refractivity contribution < 1.29 is 4.74 Å². The van der Waals surface area contributed by atoms with Crippen molar-refractivity contribution in [2.24, 2.45) is 11.5 Å². The molecule has 1 saturated heterocycles. The number of rotatable bonds is 2. The van der Waals surface area contributed by atoms with Crippen molar-refractivity contribution in [2.75, 3.05) is 0 Å². The van der Waals surface area contributed by atoms with E-state index in [2.05, 4.69) is 6.92 Å². The van der Waals surface area contributed by atoms with Gasteiger partial charge < -0.3 is 16.2 Å². The molecule has 0 radical (unpaired) electrons. The molecule has 3 heteroatoms. The molecule has 1 aliphatic rings. The molecule has 0 aliphatic carbocycles. The summed E-state index contributed by atoms with van der Waals surface area (Å²) >= 11 is 0. The Morgan fingerprint density at radius 2 is 2.17 bits per heavy atom. The summed E-state index contributed by atoms with van der Waals surface area (Å²) in [4.78, 5) is 0. The fourth-order valence-electron chi connectivity index (χ4n) is 1.61. The first-order chi connectivity index (χ1) is 5.65. The van der Waals surface area contributed by atoms with E-state index in [1.807, 2.05) is 6.92 Å². The maximum atomic E-state index is 5.89. The van der Waals surface area contributed by atoms with Gasteiger partial charge in [0.15, 0.2) is 0 Å². The lowest BCUT2D eigenvalue weighted by Gasteiger charge is -2.35. The van der Waals surface area contributed by atoms with Gasteiger partial charge >= 0.3 is 0 Å². The average Bonchev–Trinajstić information content (AvgIpc) is 2.08. The van der Waals surface area contributed by atoms with E-state index in [-0.39, 0.29) is 24.3 Å². The van der Waals surface area contributed by atoms with Gasteiger partial charge in [0.1, 0.15) is 0 Å². The Labute approximate surface area is 74.4 Å². The Morgan fingerprint density at radius 1 is 1.50 bits per heavy atom. The minimum Gasteiger partial charge on any atom is -0.372 e. The third-order valence-corrected chi connectivity index (χ3v) is 2.73. The summed E-state index contributed by atoms with van der Waals surface area (Å²) in [5.74, 6) is 0. The lowest BCUT2D eigenvalue weighted by molar-refractivity contribution is -0.0623. The molecule has 1 aliphatic heterocycles. The second kappa shape index (κ2) is 4.21. The van der Waals surface area contributed by atoms with Crippen LogP contribution in [0.25, 0.3) is 0 Å². The van der Waals surface area contributed by atoms with Crippen LogP contribution in [0.1, 0.15) is 33.1 Å². The SMILES string of the molecule is CCC(N)C1CC[C@@H](N)[C@@H](C)O1. The van der Waals surface area contributed by atoms with Crippen molar-refractivity contribution in [3.05, 3.63) is 0 Å². The van der Waals surface area contributed by atoms with Crippen LogP contribution >= 0.6 is 0 Å². The highest BCUT2D eigenvalue weighted by Gasteiger charge is 2.28. The lowest BCUT2D eigenvalue weighted by atomic mass is 9.95. The predicted octanol–water partition coefficient (Wildman–Crippen LogP) is 0.618. The molecular weight excluding hydrogens is 152 g/mol. The second-order valence-corrected chi connectivity index (χ2v) is 3.69. The predicted molar refractivity (Wildman–Crippen MR) is 49.8 cm³/mol. The van der Waals surface area contributed by atoms with Gasteiger partial charge in [-0.2, -0.15) is 0 Å². The van der Waals surface area contributed by atoms with Crippen LogP contribution in [0.4, 0.5) is 0 Å². The van der Waals surface area contributed by atoms with Gasteiger partial charge in [-0.1, -0.05) is 6.92 Å². The van der Waals surface area contributed by atoms with E-state index in [1.54, 1.807) is 0 Å². The van der Waals surface area contributed by atoms with Gasteiger partial charge in [0.05, 0.1) is 12.2 Å². The molecule has 0 aromatic heterocycles. The molecular formula is C9H20N2O. The first kappa shape index (κ1) is 9.96. The zero-order chi connectivity index (χ0) is 9.14. The van der Waals surface area contributed by atoms with Gasteiger partial charge in [-0.25, -0.2) is 0 Å². The molecule has 1 fully saturated rings. The van der Waals surface area contributed by atoms with Crippen molar-refractivity contribution in [3.63, 3.8) is 0 Å². The van der Waals surface area contributed by atoms with Crippen LogP contribution in [0.15, 0.2) is 0 Å². The maximum Gasteiger partial charge on any atom is 0.0730 e. The fraction of sp³-hybridized carbons (Fsp3) is 1.00. The molecule has 4 N–H and O–H groups in total. The van der Waals surface area contributed by atoms with Crippen LogP contribution in [-0.2, 0) is 4.74 Å². The van der Waals surface area contributed by atoms with Gasteiger partial charge in [0, 0.05) is 12.1 Å². The number of hydrogen-bond acceptors (Lipinski definition) is 3. The normalized spacial score (nSPS) is 39.5. The molecule has 4 atom stereocenters. The zero-order valence-electron chi connectivity index (χ0n) is 7.99. The van der Waals surface area contributed by atoms with E-state index in [9.17, 15) is 0 Å². The van der Waals surface area contributed by atoms with Crippen LogP contribution in [0.2, 0.25) is 0 Å². The minimum absolute atomic E-state index is 0.168. The molecule has 2 unspecified atom stereocenters. The summed E-state index contributed by atoms with van der Waals surface area (Å²) in [6.45, 7) is 4.12. The van der Waals surface area contributed by atoms with Crippen LogP contribution < -0.4 is 11.5 Å². The van der Waals surface area contributed by atoms with Crippen molar-refractivity contribution in [3.8, 4) is 0 Å². The van der Waals surface area contributed by atoms with Crippen molar-refractivity contribution in [1.82, 2.24) is 0 Å². The third-order valence-electron chi connectivity index (χ3n) is 2.73. The molecule has 0 spiro atoms. The molecule has 1 rings (SSSR count). The van der Waals surface area contributed by atoms with Gasteiger partial charge in [-0.05, 0) is 26.2 Å². The zero-order valence-corrected chi connectivity index (χ0v) is 7.99. The summed E-state index contributed by atoms with van der Waals surface area (Å²) in [7, 11) is 0. The smallest absolute Gasteiger partial charge is 0.0730 e. The Kier molecular flexibility index (Phi) is 3.50. The quantitative estimate of drug-likeness (QED) is 0.642. The molecule has 0 saturated carbocycles. The van der Waals surface area contributed by atoms with E-state index < -0.39 is 0 Å². The maximum absolute atomic E-state index is 5.89. The van der Waals surface area contributed by atoms with Crippen LogP contribution in [-0.4, -0.2) is 24.3 Å². The second-order valence-electron chi connectivity index (χ2n) is 3.69. The molecule has 0 amide bonds. The molecule has 0 aromatic carbocycles. The van der Waals surface area contributed by atoms with Gasteiger partial charge in [-0.15, -0.1) is 0 Å². The van der Waals surface area contributed by atoms with Gasteiger partial charge in [0.2, 0.25) is 0 Å². The van der Waals surface area contributed by atoms with E-state index in [1.165, 1.54) is 0 Å². The highest BCUT2D eigenvalue weighted by molar-refractivity contribution is 4.83. The molecule has 0 aromatic rings. The van der Waals surface area contributed by atoms with Gasteiger partial charge in [-0.3, -0.25) is 0 Å². The monoisotopic (exact) mass is 172 g/mol. The largest absolute Gasteiger partial charge is 0.372 e. The average molecular weight is 172 g/mol. The lowest BCUT2D eigenvalue weighted by Crippen LogP contribution is -2.48. The van der Waals surface area contributed by atoms with E-state index in [0.29, 0.717) is 0 Å². The van der Waals surface area contributed by atoms with Crippen LogP contribution in [0.5, 0.6) is 0 Å². The van der Waals surface area contributed by atoms with Crippen molar-refractivity contribution in [2.45, 2.75) is 57.4 Å². The minimum atomic E-state index is 0.168. The van der Waals surface area contributed by atoms with E-state index in [4.69, 9.17) is 16.2 Å². The van der Waals surface area contributed by atoms with E-state index in [0.717, 1.165) is 19.3 Å². The summed E-state index contributed by atoms with van der Waals surface area (Å²) in [5, 5.41) is 0. The standard InChI is InChI=1S/C9H20N2O/c1-3-7(10)9-5-4-8(11)6(2)12-9/h6-9H,3-5,10-11H2,1-2H3/t6-,7?,8-,9?/m1/s1. The first-order valence-electron chi connectivity index (χ1n) is 4.81. The third kappa shape index (κ3) is 2.19. The molecule has 1 heterocycles. The van der Waals surface area contributed by atoms with Crippen molar-refractivity contribution in [1.29, 1.82) is 0 Å². The summed E-state index contributed by atoms with van der Waals surface area (Å²) in [6, 6.07) is 0.380. The molecule has 3 nitrogen and oxygen atoms in total. The van der Waals surface area contributed by atoms with Gasteiger partial charge in [0.25, 0.3) is 0 Å². The Morgan fingerprint density at radius 3 is 2.67 bits per heavy atom. The fourth-order valence-corrected chi connectivity index (χ4v) is 1.61. The highest BCUT2D eigenvalue weighted by Crippen LogP contribution is 2.20. The highest BCUT2D eigenvalue weighted by atomic mass is 16.5. The molecule has 72 valence electrons. The number of ether oxygens (including phenoxy) is 1. The molecule has 12 heavy (non-hydrogen) atoms. The van der Waals surface area contributed by atoms with Crippen LogP contribution in [0, 0.1) is 0 Å². The topological polar surface area (TPSA) is 61.3 Å². The Bertz CT molecular complexity index is 140. The Balaban J connectivity index is 2.39. The number of nitrogens with two attached hydrogens (primary N) is 2. The molecule has 0 bridgehead atoms. The summed E-state index contributed by atoms with van der Waals surface area (Å²) in [6.07, 6.45) is 3.43. The van der Waals surface area contributed by atoms with Crippen molar-refractivity contribution >= 4 is 0 Å². The first-order valence-corrected chi connectivity index (χ1v) is 4.81. The van der Waals surface area contributed by atoms with Crippen LogP contribution in [0.3, 0.4) is 0 Å². The summed E-state index contributed by atoms with van der Waals surface area (Å²) in [5.41, 5.74) is 11.7. The van der Waals surface area contributed by atoms with E-state index >= 15 is 0 Å². The number of hydrogen-bond donors (Lipinski definition) is 2.